The van der Waals surface area contributed by atoms with Crippen LogP contribution in [0.25, 0.3) is 0 Å². The number of nitrogens with zero attached hydrogens (tertiary/aromatic N) is 2. The Hall–Kier alpha value is -4.14. The zero-order chi connectivity index (χ0) is 31.0. The van der Waals surface area contributed by atoms with E-state index in [2.05, 4.69) is 5.32 Å². The minimum Gasteiger partial charge on any atom is -0.355 e. The number of rotatable bonds is 12. The SMILES string of the molecule is CCNC(=O)C(Cc1ccccc1)N(Cc1ccc(Cl)cc1)C(=O)CN(c1ccc(C)c(C)c1)S(=O)(=O)c1ccccc1. The lowest BCUT2D eigenvalue weighted by Crippen LogP contribution is -2.53. The molecule has 4 aromatic carbocycles. The molecular formula is C34H36ClN3O4S. The van der Waals surface area contributed by atoms with Crippen molar-refractivity contribution in [2.24, 2.45) is 0 Å². The van der Waals surface area contributed by atoms with Gasteiger partial charge in [-0.15, -0.1) is 0 Å². The van der Waals surface area contributed by atoms with Gasteiger partial charge in [0.05, 0.1) is 10.6 Å². The number of benzene rings is 4. The summed E-state index contributed by atoms with van der Waals surface area (Å²) >= 11 is 6.12. The number of carbonyl (C=O) groups is 2. The quantitative estimate of drug-likeness (QED) is 0.214. The van der Waals surface area contributed by atoms with E-state index in [-0.39, 0.29) is 23.8 Å². The van der Waals surface area contributed by atoms with Crippen LogP contribution in [0, 0.1) is 13.8 Å². The van der Waals surface area contributed by atoms with Crippen LogP contribution < -0.4 is 9.62 Å². The Morgan fingerprint density at radius 3 is 2.05 bits per heavy atom. The van der Waals surface area contributed by atoms with E-state index in [1.54, 1.807) is 54.6 Å². The second kappa shape index (κ2) is 14.4. The molecular weight excluding hydrogens is 582 g/mol. The average Bonchev–Trinajstić information content (AvgIpc) is 3.01. The molecule has 2 amide bonds. The molecule has 0 fully saturated rings. The summed E-state index contributed by atoms with van der Waals surface area (Å²) in [6.07, 6.45) is 0.251. The minimum atomic E-state index is -4.14. The van der Waals surface area contributed by atoms with Crippen LogP contribution in [0.2, 0.25) is 5.02 Å². The molecule has 0 aliphatic rings. The van der Waals surface area contributed by atoms with Crippen molar-refractivity contribution in [2.75, 3.05) is 17.4 Å². The van der Waals surface area contributed by atoms with Gasteiger partial charge < -0.3 is 10.2 Å². The molecule has 0 radical (unpaired) electrons. The van der Waals surface area contributed by atoms with Crippen molar-refractivity contribution < 1.29 is 18.0 Å². The summed E-state index contributed by atoms with van der Waals surface area (Å²) in [4.78, 5) is 29.5. The Morgan fingerprint density at radius 2 is 1.44 bits per heavy atom. The number of halogens is 1. The van der Waals surface area contributed by atoms with Gasteiger partial charge in [-0.2, -0.15) is 0 Å². The van der Waals surface area contributed by atoms with Crippen LogP contribution in [0.4, 0.5) is 5.69 Å². The first-order chi connectivity index (χ1) is 20.6. The van der Waals surface area contributed by atoms with Gasteiger partial charge in [-0.05, 0) is 79.4 Å². The standard InChI is InChI=1S/C34H36ClN3O4S/c1-4-36-34(40)32(22-27-11-7-5-8-12-27)37(23-28-16-18-29(35)19-17-28)33(39)24-38(30-20-15-25(2)26(3)21-30)43(41,42)31-13-9-6-10-14-31/h5-21,32H,4,22-24H2,1-3H3,(H,36,40). The molecule has 0 aliphatic heterocycles. The number of amides is 2. The number of likely N-dealkylation sites (N-methyl/N-ethyl adjacent to an activating group) is 1. The van der Waals surface area contributed by atoms with Crippen LogP contribution in [-0.4, -0.2) is 44.3 Å². The Bertz CT molecular complexity index is 1650. The molecule has 1 unspecified atom stereocenters. The number of hydrogen-bond donors (Lipinski definition) is 1. The average molecular weight is 618 g/mol. The van der Waals surface area contributed by atoms with Crippen molar-refractivity contribution in [1.82, 2.24) is 10.2 Å². The summed E-state index contributed by atoms with van der Waals surface area (Å²) in [6, 6.07) is 28.9. The van der Waals surface area contributed by atoms with E-state index in [0.29, 0.717) is 17.3 Å². The molecule has 0 heterocycles. The van der Waals surface area contributed by atoms with Gasteiger partial charge in [0.25, 0.3) is 10.0 Å². The van der Waals surface area contributed by atoms with E-state index < -0.39 is 28.5 Å². The third kappa shape index (κ3) is 8.03. The van der Waals surface area contributed by atoms with E-state index in [1.165, 1.54) is 17.0 Å². The van der Waals surface area contributed by atoms with E-state index in [1.807, 2.05) is 57.2 Å². The fraction of sp³-hybridized carbons (Fsp3) is 0.235. The zero-order valence-corrected chi connectivity index (χ0v) is 26.1. The second-order valence-electron chi connectivity index (χ2n) is 10.3. The van der Waals surface area contributed by atoms with E-state index in [0.717, 1.165) is 26.6 Å². The fourth-order valence-corrected chi connectivity index (χ4v) is 6.31. The highest BCUT2D eigenvalue weighted by Crippen LogP contribution is 2.27. The maximum absolute atomic E-state index is 14.4. The van der Waals surface area contributed by atoms with Crippen LogP contribution in [-0.2, 0) is 32.6 Å². The molecule has 0 spiro atoms. The Morgan fingerprint density at radius 1 is 0.814 bits per heavy atom. The normalized spacial score (nSPS) is 11.9. The molecule has 9 heteroatoms. The third-order valence-corrected chi connectivity index (χ3v) is 9.32. The molecule has 224 valence electrons. The van der Waals surface area contributed by atoms with Crippen LogP contribution in [0.3, 0.4) is 0 Å². The highest BCUT2D eigenvalue weighted by molar-refractivity contribution is 7.92. The Kier molecular flexibility index (Phi) is 10.6. The summed E-state index contributed by atoms with van der Waals surface area (Å²) in [5.41, 5.74) is 3.87. The van der Waals surface area contributed by atoms with Crippen LogP contribution in [0.5, 0.6) is 0 Å². The summed E-state index contributed by atoms with van der Waals surface area (Å²) in [7, 11) is -4.14. The predicted molar refractivity (Wildman–Crippen MR) is 172 cm³/mol. The third-order valence-electron chi connectivity index (χ3n) is 7.28. The van der Waals surface area contributed by atoms with Crippen molar-refractivity contribution in [2.45, 2.75) is 44.7 Å². The fourth-order valence-electron chi connectivity index (χ4n) is 4.76. The van der Waals surface area contributed by atoms with Gasteiger partial charge in [-0.3, -0.25) is 13.9 Å². The molecule has 0 saturated heterocycles. The Labute approximate surface area is 259 Å². The number of sulfonamides is 1. The number of hydrogen-bond acceptors (Lipinski definition) is 4. The first kappa shape index (κ1) is 31.8. The van der Waals surface area contributed by atoms with Gasteiger partial charge in [0, 0.05) is 24.5 Å². The molecule has 4 aromatic rings. The monoisotopic (exact) mass is 617 g/mol. The summed E-state index contributed by atoms with van der Waals surface area (Å²) < 4.78 is 29.2. The molecule has 1 atom stereocenters. The Balaban J connectivity index is 1.80. The van der Waals surface area contributed by atoms with Crippen molar-refractivity contribution in [3.05, 3.63) is 130 Å². The van der Waals surface area contributed by atoms with E-state index in [9.17, 15) is 18.0 Å². The van der Waals surface area contributed by atoms with Gasteiger partial charge >= 0.3 is 0 Å². The van der Waals surface area contributed by atoms with Crippen molar-refractivity contribution in [3.63, 3.8) is 0 Å². The molecule has 43 heavy (non-hydrogen) atoms. The molecule has 4 rings (SSSR count). The van der Waals surface area contributed by atoms with Crippen LogP contribution >= 0.6 is 11.6 Å². The lowest BCUT2D eigenvalue weighted by atomic mass is 10.0. The summed E-state index contributed by atoms with van der Waals surface area (Å²) in [5.74, 6) is -0.836. The number of carbonyl (C=O) groups excluding carboxylic acids is 2. The van der Waals surface area contributed by atoms with Gasteiger partial charge in [-0.25, -0.2) is 8.42 Å². The maximum Gasteiger partial charge on any atom is 0.264 e. The number of anilines is 1. The largest absolute Gasteiger partial charge is 0.355 e. The molecule has 1 N–H and O–H groups in total. The molecule has 0 aromatic heterocycles. The minimum absolute atomic E-state index is 0.0647. The molecule has 0 aliphatic carbocycles. The molecule has 7 nitrogen and oxygen atoms in total. The first-order valence-electron chi connectivity index (χ1n) is 14.1. The van der Waals surface area contributed by atoms with Crippen molar-refractivity contribution in [1.29, 1.82) is 0 Å². The maximum atomic E-state index is 14.4. The molecule has 0 saturated carbocycles. The van der Waals surface area contributed by atoms with Gasteiger partial charge in [-0.1, -0.05) is 78.3 Å². The lowest BCUT2D eigenvalue weighted by Gasteiger charge is -2.34. The van der Waals surface area contributed by atoms with Crippen molar-refractivity contribution >= 4 is 39.1 Å². The number of aryl methyl sites for hydroxylation is 2. The highest BCUT2D eigenvalue weighted by Gasteiger charge is 2.34. The summed E-state index contributed by atoms with van der Waals surface area (Å²) in [5, 5.41) is 3.41. The lowest BCUT2D eigenvalue weighted by molar-refractivity contribution is -0.140. The predicted octanol–water partition coefficient (Wildman–Crippen LogP) is 5.93. The van der Waals surface area contributed by atoms with E-state index in [4.69, 9.17) is 11.6 Å². The van der Waals surface area contributed by atoms with Crippen molar-refractivity contribution in [3.8, 4) is 0 Å². The molecule has 0 bridgehead atoms. The van der Waals surface area contributed by atoms with Gasteiger partial charge in [0.1, 0.15) is 12.6 Å². The smallest absolute Gasteiger partial charge is 0.264 e. The topological polar surface area (TPSA) is 86.8 Å². The summed E-state index contributed by atoms with van der Waals surface area (Å²) in [6.45, 7) is 5.61. The second-order valence-corrected chi connectivity index (χ2v) is 12.6. The first-order valence-corrected chi connectivity index (χ1v) is 15.9. The number of nitrogens with one attached hydrogen (secondary N) is 1. The van der Waals surface area contributed by atoms with Gasteiger partial charge in [0.2, 0.25) is 11.8 Å². The van der Waals surface area contributed by atoms with Gasteiger partial charge in [0.15, 0.2) is 0 Å². The van der Waals surface area contributed by atoms with Crippen LogP contribution in [0.1, 0.15) is 29.2 Å². The van der Waals surface area contributed by atoms with E-state index >= 15 is 0 Å². The highest BCUT2D eigenvalue weighted by atomic mass is 35.5. The zero-order valence-electron chi connectivity index (χ0n) is 24.5. The van der Waals surface area contributed by atoms with Crippen LogP contribution in [0.15, 0.2) is 108 Å².